The first-order chi connectivity index (χ1) is 9.93. The number of rotatable bonds is 0. The molecule has 0 unspecified atom stereocenters. The van der Waals surface area contributed by atoms with Crippen LogP contribution in [0, 0.1) is 11.8 Å². The van der Waals surface area contributed by atoms with Crippen molar-refractivity contribution in [3.05, 3.63) is 95.1 Å². The van der Waals surface area contributed by atoms with Crippen LogP contribution in [0.25, 0.3) is 11.1 Å². The number of hydrogen-bond donors (Lipinski definition) is 0. The summed E-state index contributed by atoms with van der Waals surface area (Å²) in [6, 6.07) is 8.84. The molecule has 0 aliphatic heterocycles. The molecule has 0 bridgehead atoms. The van der Waals surface area contributed by atoms with Gasteiger partial charge in [0.2, 0.25) is 0 Å². The molecule has 0 fully saturated rings. The average Bonchev–Trinajstić information content (AvgIpc) is 2.53. The maximum absolute atomic E-state index is 2.30. The van der Waals surface area contributed by atoms with Gasteiger partial charge < -0.3 is 0 Å². The zero-order valence-corrected chi connectivity index (χ0v) is 11.1. The van der Waals surface area contributed by atoms with Gasteiger partial charge in [-0.3, -0.25) is 0 Å². The first-order valence-corrected chi connectivity index (χ1v) is 7.21. The summed E-state index contributed by atoms with van der Waals surface area (Å²) < 4.78 is 0. The van der Waals surface area contributed by atoms with Gasteiger partial charge in [0.15, 0.2) is 0 Å². The molecular weight excluding hydrogens is 240 g/mol. The summed E-state index contributed by atoms with van der Waals surface area (Å²) in [4.78, 5) is 0. The lowest BCUT2D eigenvalue weighted by atomic mass is 9.60. The number of benzene rings is 1. The van der Waals surface area contributed by atoms with E-state index >= 15 is 0 Å². The minimum atomic E-state index is 0.506. The minimum absolute atomic E-state index is 0.506. The van der Waals surface area contributed by atoms with Gasteiger partial charge in [-0.25, -0.2) is 0 Å². The fourth-order valence-electron chi connectivity index (χ4n) is 4.06. The van der Waals surface area contributed by atoms with E-state index in [-0.39, 0.29) is 0 Å². The van der Waals surface area contributed by atoms with Crippen LogP contribution in [-0.2, 0) is 0 Å². The zero-order chi connectivity index (χ0) is 13.1. The van der Waals surface area contributed by atoms with Gasteiger partial charge in [0.05, 0.1) is 0 Å². The van der Waals surface area contributed by atoms with Crippen LogP contribution in [0.2, 0.25) is 0 Å². The van der Waals surface area contributed by atoms with Crippen molar-refractivity contribution in [2.45, 2.75) is 0 Å². The molecule has 1 aromatic carbocycles. The van der Waals surface area contributed by atoms with E-state index in [4.69, 9.17) is 0 Å². The van der Waals surface area contributed by atoms with Crippen LogP contribution in [0.5, 0.6) is 0 Å². The first kappa shape index (κ1) is 10.4. The lowest BCUT2D eigenvalue weighted by Crippen LogP contribution is -2.29. The molecule has 0 heteroatoms. The molecule has 0 nitrogen and oxygen atoms in total. The molecule has 94 valence electrons. The van der Waals surface area contributed by atoms with Crippen molar-refractivity contribution in [1.29, 1.82) is 0 Å². The van der Waals surface area contributed by atoms with Crippen molar-refractivity contribution in [1.82, 2.24) is 0 Å². The van der Waals surface area contributed by atoms with Crippen LogP contribution in [0.15, 0.2) is 84.0 Å². The molecule has 0 saturated heterocycles. The molecule has 2 atom stereocenters. The second kappa shape index (κ2) is 3.61. The molecule has 0 spiro atoms. The van der Waals surface area contributed by atoms with Crippen molar-refractivity contribution >= 4 is 11.1 Å². The van der Waals surface area contributed by atoms with E-state index in [1.807, 2.05) is 0 Å². The molecule has 0 radical (unpaired) electrons. The molecule has 0 saturated carbocycles. The van der Waals surface area contributed by atoms with Crippen LogP contribution in [0.1, 0.15) is 11.1 Å². The molecule has 0 amide bonds. The Balaban J connectivity index is 1.91. The third-order valence-electron chi connectivity index (χ3n) is 4.87. The van der Waals surface area contributed by atoms with Crippen LogP contribution >= 0.6 is 0 Å². The van der Waals surface area contributed by atoms with Gasteiger partial charge in [0.25, 0.3) is 0 Å². The van der Waals surface area contributed by atoms with Gasteiger partial charge in [0.1, 0.15) is 0 Å². The van der Waals surface area contributed by atoms with E-state index < -0.39 is 0 Å². The normalized spacial score (nSPS) is 27.8. The number of allylic oxidation sites excluding steroid dienone is 12. The Morgan fingerprint density at radius 2 is 1.10 bits per heavy atom. The predicted molar refractivity (Wildman–Crippen MR) is 83.8 cm³/mol. The molecule has 20 heavy (non-hydrogen) atoms. The van der Waals surface area contributed by atoms with E-state index in [2.05, 4.69) is 72.9 Å². The van der Waals surface area contributed by atoms with E-state index in [0.29, 0.717) is 11.8 Å². The number of hydrogen-bond acceptors (Lipinski definition) is 0. The maximum Gasteiger partial charge on any atom is 0.0205 e. The van der Waals surface area contributed by atoms with Gasteiger partial charge in [-0.15, -0.1) is 0 Å². The van der Waals surface area contributed by atoms with Gasteiger partial charge in [-0.2, -0.15) is 0 Å². The highest BCUT2D eigenvalue weighted by Gasteiger charge is 2.41. The topological polar surface area (TPSA) is 0 Å². The molecular formula is C20H14. The summed E-state index contributed by atoms with van der Waals surface area (Å²) in [5.74, 6) is 1.01. The third-order valence-corrected chi connectivity index (χ3v) is 4.87. The third kappa shape index (κ3) is 1.17. The van der Waals surface area contributed by atoms with E-state index in [1.165, 1.54) is 33.4 Å². The van der Waals surface area contributed by atoms with Crippen LogP contribution in [0.3, 0.4) is 0 Å². The zero-order valence-electron chi connectivity index (χ0n) is 11.1. The van der Waals surface area contributed by atoms with Crippen molar-refractivity contribution in [2.24, 2.45) is 11.8 Å². The monoisotopic (exact) mass is 254 g/mol. The van der Waals surface area contributed by atoms with Crippen LogP contribution < -0.4 is 0 Å². The molecule has 0 aromatic heterocycles. The Kier molecular flexibility index (Phi) is 1.88. The summed E-state index contributed by atoms with van der Waals surface area (Å²) >= 11 is 0. The molecule has 0 heterocycles. The molecule has 1 aromatic rings. The largest absolute Gasteiger partial charge is 0.0617 e. The summed E-state index contributed by atoms with van der Waals surface area (Å²) in [6.07, 6.45) is 18.1. The summed E-state index contributed by atoms with van der Waals surface area (Å²) in [7, 11) is 0. The highest BCUT2D eigenvalue weighted by Crippen LogP contribution is 2.55. The smallest absolute Gasteiger partial charge is 0.0205 e. The Morgan fingerprint density at radius 3 is 1.60 bits per heavy atom. The molecule has 4 aliphatic carbocycles. The lowest BCUT2D eigenvalue weighted by molar-refractivity contribution is 0.636. The Morgan fingerprint density at radius 1 is 0.600 bits per heavy atom. The van der Waals surface area contributed by atoms with Gasteiger partial charge in [-0.1, -0.05) is 72.9 Å². The van der Waals surface area contributed by atoms with Gasteiger partial charge >= 0.3 is 0 Å². The van der Waals surface area contributed by atoms with E-state index in [0.717, 1.165) is 0 Å². The van der Waals surface area contributed by atoms with Gasteiger partial charge in [-0.05, 0) is 33.4 Å². The van der Waals surface area contributed by atoms with E-state index in [9.17, 15) is 0 Å². The fourth-order valence-corrected chi connectivity index (χ4v) is 4.06. The Labute approximate surface area is 118 Å². The number of fused-ring (bicyclic) bond motifs is 3. The maximum atomic E-state index is 2.30. The van der Waals surface area contributed by atoms with Crippen LogP contribution in [0.4, 0.5) is 0 Å². The van der Waals surface area contributed by atoms with Crippen LogP contribution in [-0.4, -0.2) is 0 Å². The highest BCUT2D eigenvalue weighted by molar-refractivity contribution is 5.93. The minimum Gasteiger partial charge on any atom is -0.0617 e. The predicted octanol–water partition coefficient (Wildman–Crippen LogP) is 4.71. The molecule has 4 aliphatic rings. The SMILES string of the molecule is C1=CC2=CC=C3C=CC=C4c5ccccc5C(=C1)[C@H]2[C@@H]34. The van der Waals surface area contributed by atoms with Crippen molar-refractivity contribution in [3.63, 3.8) is 0 Å². The quantitative estimate of drug-likeness (QED) is 0.629. The summed E-state index contributed by atoms with van der Waals surface area (Å²) in [5.41, 5.74) is 8.69. The highest BCUT2D eigenvalue weighted by atomic mass is 14.4. The second-order valence-corrected chi connectivity index (χ2v) is 5.80. The Bertz CT molecular complexity index is 737. The standard InChI is InChI=1S/C20H14/c1-2-8-16-15(7-1)17-9-3-5-13-11-12-14-6-4-10-18(16)20(14)19(13)17/h1-12,19-20H/t19-,20-/m0/s1. The van der Waals surface area contributed by atoms with E-state index in [1.54, 1.807) is 0 Å². The summed E-state index contributed by atoms with van der Waals surface area (Å²) in [6.45, 7) is 0. The first-order valence-electron chi connectivity index (χ1n) is 7.21. The van der Waals surface area contributed by atoms with Crippen molar-refractivity contribution in [3.8, 4) is 0 Å². The van der Waals surface area contributed by atoms with Crippen molar-refractivity contribution < 1.29 is 0 Å². The van der Waals surface area contributed by atoms with Crippen molar-refractivity contribution in [2.75, 3.05) is 0 Å². The van der Waals surface area contributed by atoms with Gasteiger partial charge in [0, 0.05) is 11.8 Å². The average molecular weight is 254 g/mol. The fraction of sp³-hybridized carbons (Fsp3) is 0.100. The lowest BCUT2D eigenvalue weighted by Gasteiger charge is -2.43. The Hall–Kier alpha value is -2.34. The summed E-state index contributed by atoms with van der Waals surface area (Å²) in [5, 5.41) is 0. The second-order valence-electron chi connectivity index (χ2n) is 5.80. The molecule has 0 N–H and O–H groups in total. The molecule has 5 rings (SSSR count).